The molecule has 0 aliphatic carbocycles. The van der Waals surface area contributed by atoms with E-state index in [1.54, 1.807) is 25.2 Å². The van der Waals surface area contributed by atoms with E-state index >= 15 is 0 Å². The molecule has 2 aromatic rings. The van der Waals surface area contributed by atoms with Gasteiger partial charge in [0.25, 0.3) is 0 Å². The lowest BCUT2D eigenvalue weighted by atomic mass is 10.2. The van der Waals surface area contributed by atoms with E-state index in [-0.39, 0.29) is 11.6 Å². The highest BCUT2D eigenvalue weighted by Crippen LogP contribution is 2.14. The number of nitrogens with one attached hydrogen (secondary N) is 4. The molecule has 0 radical (unpaired) electrons. The van der Waals surface area contributed by atoms with Gasteiger partial charge in [-0.3, -0.25) is 4.79 Å². The number of carbonyl (C=O) groups is 1. The second-order valence-corrected chi connectivity index (χ2v) is 3.74. The first-order valence-corrected chi connectivity index (χ1v) is 5.35. The molecular formula is C11H14N4O2. The quantitative estimate of drug-likeness (QED) is 0.617. The first-order chi connectivity index (χ1) is 8.19. The van der Waals surface area contributed by atoms with Crippen LogP contribution in [0.2, 0.25) is 0 Å². The summed E-state index contributed by atoms with van der Waals surface area (Å²) < 4.78 is 0. The first-order valence-electron chi connectivity index (χ1n) is 5.35. The molecule has 2 rings (SSSR count). The van der Waals surface area contributed by atoms with Crippen molar-refractivity contribution in [3.05, 3.63) is 28.7 Å². The third-order valence-electron chi connectivity index (χ3n) is 2.40. The van der Waals surface area contributed by atoms with Crippen molar-refractivity contribution in [1.29, 1.82) is 0 Å². The number of fused-ring (bicyclic) bond motifs is 1. The fourth-order valence-electron chi connectivity index (χ4n) is 1.57. The first kappa shape index (κ1) is 11.4. The molecule has 0 spiro atoms. The highest BCUT2D eigenvalue weighted by molar-refractivity contribution is 5.93. The largest absolute Gasteiger partial charge is 0.326 e. The van der Waals surface area contributed by atoms with Crippen LogP contribution in [0.5, 0.6) is 0 Å². The summed E-state index contributed by atoms with van der Waals surface area (Å²) in [5.74, 6) is -0.0587. The van der Waals surface area contributed by atoms with Gasteiger partial charge >= 0.3 is 5.69 Å². The zero-order valence-corrected chi connectivity index (χ0v) is 9.46. The Morgan fingerprint density at radius 1 is 1.29 bits per heavy atom. The molecule has 4 N–H and O–H groups in total. The van der Waals surface area contributed by atoms with Crippen LogP contribution in [0.15, 0.2) is 23.0 Å². The summed E-state index contributed by atoms with van der Waals surface area (Å²) in [5, 5.41) is 5.67. The number of rotatable bonds is 4. The van der Waals surface area contributed by atoms with Gasteiger partial charge in [0.15, 0.2) is 0 Å². The lowest BCUT2D eigenvalue weighted by Crippen LogP contribution is -2.18. The minimum atomic E-state index is -0.251. The van der Waals surface area contributed by atoms with Crippen LogP contribution >= 0.6 is 0 Å². The van der Waals surface area contributed by atoms with Crippen molar-refractivity contribution in [3.8, 4) is 0 Å². The Balaban J connectivity index is 2.13. The van der Waals surface area contributed by atoms with Crippen LogP contribution in [0, 0.1) is 0 Å². The van der Waals surface area contributed by atoms with Crippen molar-refractivity contribution in [2.75, 3.05) is 18.9 Å². The van der Waals surface area contributed by atoms with E-state index in [2.05, 4.69) is 20.6 Å². The summed E-state index contributed by atoms with van der Waals surface area (Å²) in [4.78, 5) is 27.8. The number of amides is 1. The van der Waals surface area contributed by atoms with Gasteiger partial charge in [-0.1, -0.05) is 0 Å². The van der Waals surface area contributed by atoms with Gasteiger partial charge in [-0.2, -0.15) is 0 Å². The van der Waals surface area contributed by atoms with Crippen molar-refractivity contribution in [2.45, 2.75) is 6.42 Å². The minimum absolute atomic E-state index is 0.0587. The Bertz CT molecular complexity index is 584. The number of carbonyl (C=O) groups excluding carboxylic acids is 1. The molecule has 0 bridgehead atoms. The van der Waals surface area contributed by atoms with Crippen molar-refractivity contribution in [2.24, 2.45) is 0 Å². The number of hydrogen-bond acceptors (Lipinski definition) is 3. The van der Waals surface area contributed by atoms with E-state index < -0.39 is 0 Å². The summed E-state index contributed by atoms with van der Waals surface area (Å²) in [6.45, 7) is 0.634. The molecule has 17 heavy (non-hydrogen) atoms. The molecule has 0 atom stereocenters. The average molecular weight is 234 g/mol. The summed E-state index contributed by atoms with van der Waals surface area (Å²) >= 11 is 0. The molecule has 6 nitrogen and oxygen atoms in total. The predicted molar refractivity (Wildman–Crippen MR) is 66.1 cm³/mol. The van der Waals surface area contributed by atoms with Crippen LogP contribution in [-0.4, -0.2) is 29.5 Å². The topological polar surface area (TPSA) is 89.8 Å². The minimum Gasteiger partial charge on any atom is -0.326 e. The molecular weight excluding hydrogens is 220 g/mol. The number of imidazole rings is 1. The number of aromatic amines is 2. The fourth-order valence-corrected chi connectivity index (χ4v) is 1.57. The monoisotopic (exact) mass is 234 g/mol. The zero-order chi connectivity index (χ0) is 12.3. The van der Waals surface area contributed by atoms with E-state index in [0.717, 1.165) is 5.52 Å². The molecule has 0 saturated heterocycles. The highest BCUT2D eigenvalue weighted by Gasteiger charge is 2.03. The van der Waals surface area contributed by atoms with Crippen LogP contribution in [0.1, 0.15) is 6.42 Å². The van der Waals surface area contributed by atoms with E-state index in [9.17, 15) is 9.59 Å². The highest BCUT2D eigenvalue weighted by atomic mass is 16.1. The Hall–Kier alpha value is -2.08. The van der Waals surface area contributed by atoms with E-state index in [1.807, 2.05) is 0 Å². The van der Waals surface area contributed by atoms with Crippen molar-refractivity contribution in [1.82, 2.24) is 15.3 Å². The van der Waals surface area contributed by atoms with E-state index in [1.165, 1.54) is 0 Å². The van der Waals surface area contributed by atoms with Gasteiger partial charge in [-0.05, 0) is 25.2 Å². The van der Waals surface area contributed by atoms with Crippen LogP contribution in [0.3, 0.4) is 0 Å². The van der Waals surface area contributed by atoms with Crippen molar-refractivity contribution in [3.63, 3.8) is 0 Å². The summed E-state index contributed by atoms with van der Waals surface area (Å²) in [7, 11) is 1.80. The average Bonchev–Trinajstić information content (AvgIpc) is 2.65. The lowest BCUT2D eigenvalue weighted by molar-refractivity contribution is -0.116. The number of benzene rings is 1. The molecule has 0 fully saturated rings. The van der Waals surface area contributed by atoms with Crippen LogP contribution < -0.4 is 16.3 Å². The SMILES string of the molecule is CNCCC(=O)Nc1ccc2[nH]c(=O)[nH]c2c1. The molecule has 1 amide bonds. The Morgan fingerprint density at radius 3 is 2.82 bits per heavy atom. The molecule has 1 heterocycles. The number of hydrogen-bond donors (Lipinski definition) is 4. The molecule has 1 aromatic carbocycles. The second kappa shape index (κ2) is 4.84. The molecule has 0 aliphatic heterocycles. The van der Waals surface area contributed by atoms with Crippen molar-refractivity contribution < 1.29 is 4.79 Å². The smallest absolute Gasteiger partial charge is 0.323 e. The fraction of sp³-hybridized carbons (Fsp3) is 0.273. The standard InChI is InChI=1S/C11H14N4O2/c1-12-5-4-10(16)13-7-2-3-8-9(6-7)15-11(17)14-8/h2-3,6,12H,4-5H2,1H3,(H,13,16)(H2,14,15,17). The summed E-state index contributed by atoms with van der Waals surface area (Å²) in [6, 6.07) is 5.23. The third-order valence-corrected chi connectivity index (χ3v) is 2.40. The molecule has 90 valence electrons. The molecule has 0 aliphatic rings. The summed E-state index contributed by atoms with van der Waals surface area (Å²) in [6.07, 6.45) is 0.415. The van der Waals surface area contributed by atoms with Crippen molar-refractivity contribution >= 4 is 22.6 Å². The maximum Gasteiger partial charge on any atom is 0.323 e. The molecule has 0 saturated carbocycles. The zero-order valence-electron chi connectivity index (χ0n) is 9.46. The molecule has 1 aromatic heterocycles. The Labute approximate surface area is 97.4 Å². The summed E-state index contributed by atoms with van der Waals surface area (Å²) in [5.41, 5.74) is 1.83. The predicted octanol–water partition coefficient (Wildman–Crippen LogP) is 0.404. The molecule has 6 heteroatoms. The van der Waals surface area contributed by atoms with Crippen LogP contribution in [0.25, 0.3) is 11.0 Å². The van der Waals surface area contributed by atoms with Gasteiger partial charge in [0.2, 0.25) is 5.91 Å². The van der Waals surface area contributed by atoms with Gasteiger partial charge in [-0.25, -0.2) is 4.79 Å². The van der Waals surface area contributed by atoms with E-state index in [0.29, 0.717) is 24.2 Å². The Kier molecular flexibility index (Phi) is 3.24. The lowest BCUT2D eigenvalue weighted by Gasteiger charge is -2.04. The van der Waals surface area contributed by atoms with Crippen LogP contribution in [-0.2, 0) is 4.79 Å². The number of aromatic nitrogens is 2. The van der Waals surface area contributed by atoms with E-state index in [4.69, 9.17) is 0 Å². The van der Waals surface area contributed by atoms with Gasteiger partial charge < -0.3 is 20.6 Å². The van der Waals surface area contributed by atoms with Gasteiger partial charge in [0.05, 0.1) is 11.0 Å². The molecule has 0 unspecified atom stereocenters. The normalized spacial score (nSPS) is 10.6. The number of anilines is 1. The van der Waals surface area contributed by atoms with Gasteiger partial charge in [0.1, 0.15) is 0 Å². The third kappa shape index (κ3) is 2.73. The second-order valence-electron chi connectivity index (χ2n) is 3.74. The van der Waals surface area contributed by atoms with Gasteiger partial charge in [0, 0.05) is 18.7 Å². The number of H-pyrrole nitrogens is 2. The maximum atomic E-state index is 11.5. The van der Waals surface area contributed by atoms with Crippen LogP contribution in [0.4, 0.5) is 5.69 Å². The maximum absolute atomic E-state index is 11.5. The van der Waals surface area contributed by atoms with Gasteiger partial charge in [-0.15, -0.1) is 0 Å². The Morgan fingerprint density at radius 2 is 2.06 bits per heavy atom.